The summed E-state index contributed by atoms with van der Waals surface area (Å²) in [5.41, 5.74) is 1.25. The van der Waals surface area contributed by atoms with Crippen molar-refractivity contribution < 1.29 is 9.48 Å². The van der Waals surface area contributed by atoms with Crippen LogP contribution in [0.3, 0.4) is 0 Å². The Morgan fingerprint density at radius 3 is 1.68 bits per heavy atom. The van der Waals surface area contributed by atoms with Crippen molar-refractivity contribution in [1.82, 2.24) is 0 Å². The van der Waals surface area contributed by atoms with Gasteiger partial charge in [-0.3, -0.25) is 0 Å². The maximum Gasteiger partial charge on any atom is 0.131 e. The molecule has 0 aliphatic carbocycles. The first kappa shape index (κ1) is 22.2. The van der Waals surface area contributed by atoms with Crippen LogP contribution < -0.4 is 0 Å². The highest BCUT2D eigenvalue weighted by molar-refractivity contribution is 5.13. The van der Waals surface area contributed by atoms with Crippen molar-refractivity contribution in [3.05, 3.63) is 35.9 Å². The van der Waals surface area contributed by atoms with E-state index in [0.29, 0.717) is 11.3 Å². The zero-order valence-electron chi connectivity index (χ0n) is 17.1. The van der Waals surface area contributed by atoms with Crippen LogP contribution in [0.1, 0.15) is 89.5 Å². The number of benzene rings is 1. The van der Waals surface area contributed by atoms with Crippen molar-refractivity contribution in [2.45, 2.75) is 90.6 Å². The first-order valence-corrected chi connectivity index (χ1v) is 10.7. The van der Waals surface area contributed by atoms with Gasteiger partial charge >= 0.3 is 0 Å². The molecule has 0 fully saturated rings. The molecule has 2 nitrogen and oxygen atoms in total. The maximum absolute atomic E-state index is 6.05. The van der Waals surface area contributed by atoms with E-state index in [2.05, 4.69) is 51.4 Å². The third-order valence-corrected chi connectivity index (χ3v) is 4.97. The molecule has 0 saturated heterocycles. The molecular formula is C23H42NO+. The first-order valence-electron chi connectivity index (χ1n) is 10.7. The molecule has 1 aromatic carbocycles. The minimum Gasteiger partial charge on any atom is -0.199 e. The summed E-state index contributed by atoms with van der Waals surface area (Å²) in [6.45, 7) is 4.09. The van der Waals surface area contributed by atoms with E-state index >= 15 is 0 Å². The van der Waals surface area contributed by atoms with Crippen LogP contribution in [0.25, 0.3) is 0 Å². The molecule has 1 aromatic rings. The lowest BCUT2D eigenvalue weighted by atomic mass is 10.1. The van der Waals surface area contributed by atoms with E-state index in [4.69, 9.17) is 4.84 Å². The summed E-state index contributed by atoms with van der Waals surface area (Å²) in [5, 5.41) is 0. The molecule has 0 bridgehead atoms. The molecule has 0 unspecified atom stereocenters. The van der Waals surface area contributed by atoms with Gasteiger partial charge in [-0.1, -0.05) is 101 Å². The van der Waals surface area contributed by atoms with Gasteiger partial charge in [-0.25, -0.2) is 0 Å². The van der Waals surface area contributed by atoms with E-state index in [1.54, 1.807) is 0 Å². The molecule has 0 amide bonds. The lowest BCUT2D eigenvalue weighted by molar-refractivity contribution is -1.08. The van der Waals surface area contributed by atoms with Crippen molar-refractivity contribution in [2.75, 3.05) is 20.6 Å². The summed E-state index contributed by atoms with van der Waals surface area (Å²) in [4.78, 5) is 6.05. The van der Waals surface area contributed by atoms with Gasteiger partial charge in [0.2, 0.25) is 0 Å². The second kappa shape index (κ2) is 14.3. The average molecular weight is 349 g/mol. The van der Waals surface area contributed by atoms with E-state index in [1.165, 1.54) is 82.6 Å². The fourth-order valence-electron chi connectivity index (χ4n) is 3.22. The van der Waals surface area contributed by atoms with Crippen LogP contribution in [0.2, 0.25) is 0 Å². The van der Waals surface area contributed by atoms with Crippen molar-refractivity contribution in [1.29, 1.82) is 0 Å². The van der Waals surface area contributed by atoms with Gasteiger partial charge in [-0.2, -0.15) is 9.48 Å². The van der Waals surface area contributed by atoms with Gasteiger partial charge in [-0.05, 0) is 18.4 Å². The molecule has 0 atom stereocenters. The number of hydroxylamine groups is 3. The van der Waals surface area contributed by atoms with Gasteiger partial charge in [0.25, 0.3) is 0 Å². The number of nitrogens with zero attached hydrogens (tertiary/aromatic N) is 1. The normalized spacial score (nSPS) is 11.8. The summed E-state index contributed by atoms with van der Waals surface area (Å²) in [6.07, 6.45) is 16.8. The lowest BCUT2D eigenvalue weighted by Gasteiger charge is -2.27. The van der Waals surface area contributed by atoms with E-state index in [0.717, 1.165) is 6.54 Å². The predicted molar refractivity (Wildman–Crippen MR) is 109 cm³/mol. The number of unbranched alkanes of at least 4 members (excludes halogenated alkanes) is 11. The summed E-state index contributed by atoms with van der Waals surface area (Å²) in [6, 6.07) is 10.5. The predicted octanol–water partition coefficient (Wildman–Crippen LogP) is 6.90. The molecule has 0 heterocycles. The van der Waals surface area contributed by atoms with E-state index in [1.807, 2.05) is 0 Å². The molecule has 144 valence electrons. The van der Waals surface area contributed by atoms with Crippen LogP contribution in [0.5, 0.6) is 0 Å². The van der Waals surface area contributed by atoms with Crippen molar-refractivity contribution >= 4 is 0 Å². The lowest BCUT2D eigenvalue weighted by Crippen LogP contribution is -2.40. The van der Waals surface area contributed by atoms with Gasteiger partial charge in [0.15, 0.2) is 0 Å². The molecule has 0 saturated carbocycles. The molecule has 0 radical (unpaired) electrons. The molecule has 25 heavy (non-hydrogen) atoms. The number of rotatable bonds is 16. The minimum atomic E-state index is 0.659. The highest BCUT2D eigenvalue weighted by Gasteiger charge is 2.16. The Morgan fingerprint density at radius 2 is 1.16 bits per heavy atom. The molecular weight excluding hydrogens is 306 g/mol. The molecule has 0 spiro atoms. The average Bonchev–Trinajstić information content (AvgIpc) is 2.62. The second-order valence-corrected chi connectivity index (χ2v) is 7.95. The van der Waals surface area contributed by atoms with Gasteiger partial charge in [-0.15, -0.1) is 0 Å². The summed E-state index contributed by atoms with van der Waals surface area (Å²) in [5.74, 6) is 0. The molecule has 0 N–H and O–H groups in total. The van der Waals surface area contributed by atoms with Crippen LogP contribution in [0.4, 0.5) is 0 Å². The Bertz CT molecular complexity index is 402. The Balaban J connectivity index is 1.91. The third-order valence-electron chi connectivity index (χ3n) is 4.97. The molecule has 1 rings (SSSR count). The Kier molecular flexibility index (Phi) is 12.7. The van der Waals surface area contributed by atoms with Crippen LogP contribution >= 0.6 is 0 Å². The standard InChI is InChI=1S/C23H42NO/c1-4-5-6-7-8-9-10-11-12-13-14-18-21-24(2,3)25-22-23-19-16-15-17-20-23/h15-17,19-20H,4-14,18,21-22H2,1-3H3/q+1. The molecule has 2 heteroatoms. The van der Waals surface area contributed by atoms with Crippen molar-refractivity contribution in [3.63, 3.8) is 0 Å². The Labute approximate surface area is 157 Å². The topological polar surface area (TPSA) is 9.23 Å². The van der Waals surface area contributed by atoms with Crippen LogP contribution in [-0.2, 0) is 11.4 Å². The SMILES string of the molecule is CCCCCCCCCCCCCC[N+](C)(C)OCc1ccccc1. The van der Waals surface area contributed by atoms with Gasteiger partial charge in [0, 0.05) is 0 Å². The van der Waals surface area contributed by atoms with Crippen molar-refractivity contribution in [2.24, 2.45) is 0 Å². The quantitative estimate of drug-likeness (QED) is 0.179. The number of quaternary nitrogens is 1. The second-order valence-electron chi connectivity index (χ2n) is 7.95. The number of hydrogen-bond acceptors (Lipinski definition) is 1. The largest absolute Gasteiger partial charge is 0.199 e. The Hall–Kier alpha value is -0.860. The summed E-state index contributed by atoms with van der Waals surface area (Å²) in [7, 11) is 4.34. The summed E-state index contributed by atoms with van der Waals surface area (Å²) >= 11 is 0. The third kappa shape index (κ3) is 13.1. The fourth-order valence-corrected chi connectivity index (χ4v) is 3.22. The van der Waals surface area contributed by atoms with Crippen LogP contribution in [0, 0.1) is 0 Å². The Morgan fingerprint density at radius 1 is 0.680 bits per heavy atom. The number of hydrogen-bond donors (Lipinski definition) is 0. The van der Waals surface area contributed by atoms with Crippen LogP contribution in [0.15, 0.2) is 30.3 Å². The highest BCUT2D eigenvalue weighted by atomic mass is 16.7. The monoisotopic (exact) mass is 348 g/mol. The van der Waals surface area contributed by atoms with E-state index in [-0.39, 0.29) is 0 Å². The van der Waals surface area contributed by atoms with Gasteiger partial charge in [0.05, 0.1) is 14.1 Å². The van der Waals surface area contributed by atoms with Gasteiger partial charge < -0.3 is 0 Å². The first-order chi connectivity index (χ1) is 12.1. The molecule has 0 aliphatic rings. The zero-order chi connectivity index (χ0) is 18.2. The minimum absolute atomic E-state index is 0.659. The zero-order valence-corrected chi connectivity index (χ0v) is 17.1. The summed E-state index contributed by atoms with van der Waals surface area (Å²) < 4.78 is 0.659. The van der Waals surface area contributed by atoms with E-state index < -0.39 is 0 Å². The fraction of sp³-hybridized carbons (Fsp3) is 0.739. The van der Waals surface area contributed by atoms with Crippen LogP contribution in [-0.4, -0.2) is 25.3 Å². The smallest absolute Gasteiger partial charge is 0.131 e. The maximum atomic E-state index is 6.05. The van der Waals surface area contributed by atoms with E-state index in [9.17, 15) is 0 Å². The van der Waals surface area contributed by atoms with Gasteiger partial charge in [0.1, 0.15) is 13.2 Å². The van der Waals surface area contributed by atoms with Crippen molar-refractivity contribution in [3.8, 4) is 0 Å². The molecule has 0 aliphatic heterocycles. The highest BCUT2D eigenvalue weighted by Crippen LogP contribution is 2.13. The molecule has 0 aromatic heterocycles.